The van der Waals surface area contributed by atoms with Crippen LogP contribution in [-0.2, 0) is 4.29 Å². The summed E-state index contributed by atoms with van der Waals surface area (Å²) in [4.78, 5) is 29.4. The van der Waals surface area contributed by atoms with Crippen molar-refractivity contribution in [2.75, 3.05) is 0 Å². The van der Waals surface area contributed by atoms with Crippen molar-refractivity contribution in [3.8, 4) is 0 Å². The van der Waals surface area contributed by atoms with Crippen LogP contribution in [0.5, 0.6) is 0 Å². The Morgan fingerprint density at radius 3 is 3.07 bits per heavy atom. The van der Waals surface area contributed by atoms with Crippen LogP contribution in [0.15, 0.2) is 29.3 Å². The molecule has 6 heteroatoms. The van der Waals surface area contributed by atoms with Gasteiger partial charge in [-0.3, -0.25) is 4.79 Å². The molecule has 0 saturated heterocycles. The first-order chi connectivity index (χ1) is 7.24. The Morgan fingerprint density at radius 2 is 2.33 bits per heavy atom. The molecule has 0 aromatic carbocycles. The predicted molar refractivity (Wildman–Crippen MR) is 53.6 cm³/mol. The first kappa shape index (κ1) is 9.67. The van der Waals surface area contributed by atoms with Crippen molar-refractivity contribution in [2.45, 2.75) is 0 Å². The van der Waals surface area contributed by atoms with Crippen LogP contribution < -0.4 is 5.43 Å². The summed E-state index contributed by atoms with van der Waals surface area (Å²) >= 11 is 4.89. The Kier molecular flexibility index (Phi) is 2.39. The molecule has 0 aliphatic rings. The Morgan fingerprint density at radius 1 is 1.53 bits per heavy atom. The second-order valence-corrected chi connectivity index (χ2v) is 2.95. The molecule has 0 saturated carbocycles. The van der Waals surface area contributed by atoms with Crippen molar-refractivity contribution < 1.29 is 9.08 Å². The van der Waals surface area contributed by atoms with E-state index in [2.05, 4.69) is 14.3 Å². The Balaban J connectivity index is 2.76. The molecule has 2 aromatic heterocycles. The molecule has 0 aliphatic heterocycles. The molecule has 2 heterocycles. The average Bonchev–Trinajstić information content (AvgIpc) is 2.29. The molecule has 2 aromatic rings. The molecule has 0 bridgehead atoms. The van der Waals surface area contributed by atoms with E-state index in [1.54, 1.807) is 12.1 Å². The first-order valence-electron chi connectivity index (χ1n) is 4.03. The van der Waals surface area contributed by atoms with E-state index in [-0.39, 0.29) is 5.56 Å². The summed E-state index contributed by atoms with van der Waals surface area (Å²) < 4.78 is 3.96. The van der Waals surface area contributed by atoms with Gasteiger partial charge in [0.15, 0.2) is 0 Å². The molecule has 0 unspecified atom stereocenters. The van der Waals surface area contributed by atoms with Crippen LogP contribution in [0, 0.1) is 0 Å². The minimum Gasteiger partial charge on any atom is -0.345 e. The SMILES string of the molecule is O=C(OCl)c1c[nH]c2ncccc2c1=O. The molecule has 5 nitrogen and oxygen atoms in total. The summed E-state index contributed by atoms with van der Waals surface area (Å²) in [6.07, 6.45) is 2.76. The number of hydrogen-bond donors (Lipinski definition) is 1. The minimum absolute atomic E-state index is 0.148. The molecule has 0 amide bonds. The number of aromatic nitrogens is 2. The van der Waals surface area contributed by atoms with Crippen LogP contribution in [0.2, 0.25) is 0 Å². The summed E-state index contributed by atoms with van der Waals surface area (Å²) in [5, 5.41) is 0.317. The lowest BCUT2D eigenvalue weighted by molar-refractivity contribution is 0.0750. The highest BCUT2D eigenvalue weighted by molar-refractivity contribution is 6.16. The lowest BCUT2D eigenvalue weighted by Gasteiger charge is -1.98. The van der Waals surface area contributed by atoms with Gasteiger partial charge in [-0.2, -0.15) is 0 Å². The topological polar surface area (TPSA) is 72.1 Å². The monoisotopic (exact) mass is 224 g/mol. The largest absolute Gasteiger partial charge is 0.361 e. The van der Waals surface area contributed by atoms with Gasteiger partial charge in [-0.1, -0.05) is 0 Å². The summed E-state index contributed by atoms with van der Waals surface area (Å²) in [7, 11) is 0. The highest BCUT2D eigenvalue weighted by Gasteiger charge is 2.13. The Hall–Kier alpha value is -1.88. The van der Waals surface area contributed by atoms with Gasteiger partial charge in [0.05, 0.1) is 5.39 Å². The van der Waals surface area contributed by atoms with Gasteiger partial charge in [0.25, 0.3) is 0 Å². The fraction of sp³-hybridized carbons (Fsp3) is 0. The van der Waals surface area contributed by atoms with Gasteiger partial charge in [-0.25, -0.2) is 9.78 Å². The molecule has 1 N–H and O–H groups in total. The summed E-state index contributed by atoms with van der Waals surface area (Å²) in [5.74, 6) is -0.885. The Bertz CT molecular complexity index is 579. The third kappa shape index (κ3) is 1.57. The number of nitrogens with zero attached hydrogens (tertiary/aromatic N) is 1. The molecule has 15 heavy (non-hydrogen) atoms. The quantitative estimate of drug-likeness (QED) is 0.791. The zero-order chi connectivity index (χ0) is 10.8. The zero-order valence-corrected chi connectivity index (χ0v) is 8.12. The number of aromatic amines is 1. The standard InChI is InChI=1S/C9H5ClN2O3/c10-15-9(14)6-4-12-8-5(7(6)13)2-1-3-11-8/h1-4H,(H,11,12,13). The molecule has 0 atom stereocenters. The predicted octanol–water partition coefficient (Wildman–Crippen LogP) is 1.23. The van der Waals surface area contributed by atoms with Crippen LogP contribution >= 0.6 is 11.9 Å². The van der Waals surface area contributed by atoms with Gasteiger partial charge in [-0.05, 0) is 12.1 Å². The fourth-order valence-electron chi connectivity index (χ4n) is 1.25. The van der Waals surface area contributed by atoms with E-state index in [0.717, 1.165) is 0 Å². The number of nitrogens with one attached hydrogen (secondary N) is 1. The van der Waals surface area contributed by atoms with Crippen molar-refractivity contribution in [3.05, 3.63) is 40.3 Å². The van der Waals surface area contributed by atoms with Crippen molar-refractivity contribution in [2.24, 2.45) is 0 Å². The first-order valence-corrected chi connectivity index (χ1v) is 4.34. The number of carbonyl (C=O) groups is 1. The molecule has 0 aliphatic carbocycles. The van der Waals surface area contributed by atoms with Crippen LogP contribution in [0.4, 0.5) is 0 Å². The second kappa shape index (κ2) is 3.70. The Labute approximate surface area is 88.8 Å². The minimum atomic E-state index is -0.885. The highest BCUT2D eigenvalue weighted by atomic mass is 35.5. The average molecular weight is 225 g/mol. The van der Waals surface area contributed by atoms with Gasteiger partial charge in [0.1, 0.15) is 23.1 Å². The maximum Gasteiger partial charge on any atom is 0.361 e. The lowest BCUT2D eigenvalue weighted by atomic mass is 10.2. The second-order valence-electron chi connectivity index (χ2n) is 2.80. The maximum atomic E-state index is 11.7. The van der Waals surface area contributed by atoms with Crippen molar-refractivity contribution in [3.63, 3.8) is 0 Å². The van der Waals surface area contributed by atoms with E-state index in [1.165, 1.54) is 12.4 Å². The number of halogens is 1. The maximum absolute atomic E-state index is 11.7. The van der Waals surface area contributed by atoms with E-state index in [4.69, 9.17) is 11.9 Å². The third-order valence-corrected chi connectivity index (χ3v) is 2.08. The number of rotatable bonds is 1. The normalized spacial score (nSPS) is 10.2. The lowest BCUT2D eigenvalue weighted by Crippen LogP contribution is -2.16. The van der Waals surface area contributed by atoms with E-state index in [0.29, 0.717) is 11.0 Å². The van der Waals surface area contributed by atoms with Crippen molar-refractivity contribution in [1.82, 2.24) is 9.97 Å². The number of fused-ring (bicyclic) bond motifs is 1. The number of H-pyrrole nitrogens is 1. The van der Waals surface area contributed by atoms with Crippen molar-refractivity contribution in [1.29, 1.82) is 0 Å². The van der Waals surface area contributed by atoms with Gasteiger partial charge < -0.3 is 9.27 Å². The molecular formula is C9H5ClN2O3. The molecule has 0 spiro atoms. The summed E-state index contributed by atoms with van der Waals surface area (Å²) in [6, 6.07) is 3.17. The highest BCUT2D eigenvalue weighted by Crippen LogP contribution is 2.05. The number of pyridine rings is 2. The fourth-order valence-corrected chi connectivity index (χ4v) is 1.33. The van der Waals surface area contributed by atoms with Gasteiger partial charge >= 0.3 is 5.97 Å². The van der Waals surface area contributed by atoms with Gasteiger partial charge in [0, 0.05) is 12.4 Å². The molecule has 2 rings (SSSR count). The van der Waals surface area contributed by atoms with E-state index in [9.17, 15) is 9.59 Å². The molecular weight excluding hydrogens is 220 g/mol. The number of carbonyl (C=O) groups excluding carboxylic acids is 1. The van der Waals surface area contributed by atoms with E-state index in [1.807, 2.05) is 0 Å². The zero-order valence-electron chi connectivity index (χ0n) is 7.36. The van der Waals surface area contributed by atoms with Crippen LogP contribution in [0.3, 0.4) is 0 Å². The summed E-state index contributed by atoms with van der Waals surface area (Å²) in [6.45, 7) is 0. The third-order valence-electron chi connectivity index (χ3n) is 1.94. The molecule has 0 radical (unpaired) electrons. The number of hydrogen-bond acceptors (Lipinski definition) is 4. The van der Waals surface area contributed by atoms with Crippen molar-refractivity contribution >= 4 is 28.9 Å². The summed E-state index contributed by atoms with van der Waals surface area (Å²) in [5.41, 5.74) is -0.193. The molecule has 76 valence electrons. The van der Waals surface area contributed by atoms with E-state index < -0.39 is 11.4 Å². The van der Waals surface area contributed by atoms with Crippen LogP contribution in [0.25, 0.3) is 11.0 Å². The van der Waals surface area contributed by atoms with Crippen LogP contribution in [0.1, 0.15) is 10.4 Å². The smallest absolute Gasteiger partial charge is 0.345 e. The van der Waals surface area contributed by atoms with E-state index >= 15 is 0 Å². The van der Waals surface area contributed by atoms with Gasteiger partial charge in [-0.15, -0.1) is 0 Å². The molecule has 0 fully saturated rings. The van der Waals surface area contributed by atoms with Crippen LogP contribution in [-0.4, -0.2) is 15.9 Å². The van der Waals surface area contributed by atoms with Gasteiger partial charge in [0.2, 0.25) is 5.43 Å².